The summed E-state index contributed by atoms with van der Waals surface area (Å²) in [6, 6.07) is 4.81. The molecule has 106 valence electrons. The standard InChI is InChI=1S/C13H17F3N2O/c1-3-18(4-2)12(19)9-17-11-7-5-6-10(8-11)13(14,15)16/h5-8,17H,3-4,9H2,1-2H3. The fraction of sp³-hybridized carbons (Fsp3) is 0.462. The number of nitrogens with one attached hydrogen (secondary N) is 1. The van der Waals surface area contributed by atoms with Gasteiger partial charge in [0.2, 0.25) is 5.91 Å². The number of likely N-dealkylation sites (N-methyl/N-ethyl adjacent to an activating group) is 1. The van der Waals surface area contributed by atoms with Crippen molar-refractivity contribution in [2.75, 3.05) is 25.0 Å². The molecule has 0 saturated heterocycles. The number of carbonyl (C=O) groups is 1. The van der Waals surface area contributed by atoms with E-state index < -0.39 is 11.7 Å². The smallest absolute Gasteiger partial charge is 0.376 e. The third kappa shape index (κ3) is 4.46. The average molecular weight is 274 g/mol. The Morgan fingerprint density at radius 1 is 1.26 bits per heavy atom. The van der Waals surface area contributed by atoms with E-state index in [-0.39, 0.29) is 18.1 Å². The van der Waals surface area contributed by atoms with Gasteiger partial charge in [-0.05, 0) is 32.0 Å². The Morgan fingerprint density at radius 3 is 2.42 bits per heavy atom. The van der Waals surface area contributed by atoms with Crippen LogP contribution in [0.4, 0.5) is 18.9 Å². The average Bonchev–Trinajstić information content (AvgIpc) is 2.37. The maximum Gasteiger partial charge on any atom is 0.416 e. The molecule has 0 heterocycles. The summed E-state index contributed by atoms with van der Waals surface area (Å²) < 4.78 is 37.5. The lowest BCUT2D eigenvalue weighted by Gasteiger charge is -2.19. The van der Waals surface area contributed by atoms with Gasteiger partial charge in [-0.1, -0.05) is 6.07 Å². The molecule has 1 rings (SSSR count). The molecule has 0 aliphatic heterocycles. The minimum Gasteiger partial charge on any atom is -0.376 e. The number of carbonyl (C=O) groups excluding carboxylic acids is 1. The molecule has 0 fully saturated rings. The van der Waals surface area contributed by atoms with Crippen LogP contribution in [0.25, 0.3) is 0 Å². The molecule has 19 heavy (non-hydrogen) atoms. The van der Waals surface area contributed by atoms with Gasteiger partial charge < -0.3 is 10.2 Å². The molecule has 6 heteroatoms. The zero-order valence-electron chi connectivity index (χ0n) is 10.9. The number of hydrogen-bond donors (Lipinski definition) is 1. The minimum atomic E-state index is -4.37. The van der Waals surface area contributed by atoms with Crippen LogP contribution in [0.15, 0.2) is 24.3 Å². The second kappa shape index (κ2) is 6.45. The van der Waals surface area contributed by atoms with Gasteiger partial charge in [0.1, 0.15) is 0 Å². The Morgan fingerprint density at radius 2 is 1.89 bits per heavy atom. The molecule has 1 aromatic carbocycles. The normalized spacial score (nSPS) is 11.2. The van der Waals surface area contributed by atoms with E-state index >= 15 is 0 Å². The highest BCUT2D eigenvalue weighted by molar-refractivity contribution is 5.80. The van der Waals surface area contributed by atoms with E-state index in [0.717, 1.165) is 12.1 Å². The molecule has 3 nitrogen and oxygen atoms in total. The highest BCUT2D eigenvalue weighted by atomic mass is 19.4. The fourth-order valence-electron chi connectivity index (χ4n) is 1.67. The summed E-state index contributed by atoms with van der Waals surface area (Å²) in [4.78, 5) is 13.3. The van der Waals surface area contributed by atoms with Crippen molar-refractivity contribution >= 4 is 11.6 Å². The van der Waals surface area contributed by atoms with Gasteiger partial charge in [0, 0.05) is 18.8 Å². The topological polar surface area (TPSA) is 32.3 Å². The molecule has 0 aromatic heterocycles. The molecule has 1 amide bonds. The second-order valence-electron chi connectivity index (χ2n) is 4.00. The van der Waals surface area contributed by atoms with Crippen LogP contribution in [0, 0.1) is 0 Å². The van der Waals surface area contributed by atoms with Crippen molar-refractivity contribution in [2.45, 2.75) is 20.0 Å². The molecular formula is C13H17F3N2O. The molecule has 0 aliphatic carbocycles. The zero-order chi connectivity index (χ0) is 14.5. The summed E-state index contributed by atoms with van der Waals surface area (Å²) in [5.41, 5.74) is -0.442. The van der Waals surface area contributed by atoms with Gasteiger partial charge in [0.25, 0.3) is 0 Å². The monoisotopic (exact) mass is 274 g/mol. The first kappa shape index (κ1) is 15.3. The molecule has 0 unspecified atom stereocenters. The van der Waals surface area contributed by atoms with Crippen LogP contribution in [0.5, 0.6) is 0 Å². The fourth-order valence-corrected chi connectivity index (χ4v) is 1.67. The molecule has 1 N–H and O–H groups in total. The molecule has 0 aliphatic rings. The summed E-state index contributed by atoms with van der Waals surface area (Å²) in [5.74, 6) is -0.137. The van der Waals surface area contributed by atoms with Gasteiger partial charge in [-0.15, -0.1) is 0 Å². The lowest BCUT2D eigenvalue weighted by Crippen LogP contribution is -2.35. The van der Waals surface area contributed by atoms with Crippen LogP contribution in [0.3, 0.4) is 0 Å². The molecule has 0 spiro atoms. The number of anilines is 1. The van der Waals surface area contributed by atoms with Gasteiger partial charge in [0.05, 0.1) is 12.1 Å². The van der Waals surface area contributed by atoms with Crippen LogP contribution in [0.2, 0.25) is 0 Å². The van der Waals surface area contributed by atoms with Crippen molar-refractivity contribution in [3.05, 3.63) is 29.8 Å². The Labute approximate surface area is 110 Å². The van der Waals surface area contributed by atoms with Gasteiger partial charge in [-0.2, -0.15) is 13.2 Å². The number of amides is 1. The maximum atomic E-state index is 12.5. The summed E-state index contributed by atoms with van der Waals surface area (Å²) in [6.45, 7) is 4.86. The number of alkyl halides is 3. The molecule has 0 saturated carbocycles. The Kier molecular flexibility index (Phi) is 5.20. The summed E-state index contributed by atoms with van der Waals surface area (Å²) in [7, 11) is 0. The number of benzene rings is 1. The summed E-state index contributed by atoms with van der Waals surface area (Å²) >= 11 is 0. The van der Waals surface area contributed by atoms with E-state index in [0.29, 0.717) is 13.1 Å². The van der Waals surface area contributed by atoms with E-state index in [9.17, 15) is 18.0 Å². The first-order valence-electron chi connectivity index (χ1n) is 6.07. The quantitative estimate of drug-likeness (QED) is 0.895. The van der Waals surface area contributed by atoms with Crippen LogP contribution >= 0.6 is 0 Å². The highest BCUT2D eigenvalue weighted by Crippen LogP contribution is 2.30. The van der Waals surface area contributed by atoms with Gasteiger partial charge in [-0.25, -0.2) is 0 Å². The summed E-state index contributed by atoms with van der Waals surface area (Å²) in [6.07, 6.45) is -4.37. The van der Waals surface area contributed by atoms with Gasteiger partial charge in [-0.3, -0.25) is 4.79 Å². The third-order valence-corrected chi connectivity index (χ3v) is 2.75. The van der Waals surface area contributed by atoms with Crippen LogP contribution in [-0.4, -0.2) is 30.4 Å². The number of rotatable bonds is 5. The molecule has 0 atom stereocenters. The van der Waals surface area contributed by atoms with Gasteiger partial charge >= 0.3 is 6.18 Å². The van der Waals surface area contributed by atoms with Crippen molar-refractivity contribution in [3.8, 4) is 0 Å². The molecule has 0 bridgehead atoms. The number of nitrogens with zero attached hydrogens (tertiary/aromatic N) is 1. The predicted molar refractivity (Wildman–Crippen MR) is 67.9 cm³/mol. The van der Waals surface area contributed by atoms with Crippen LogP contribution in [-0.2, 0) is 11.0 Å². The Balaban J connectivity index is 2.66. The van der Waals surface area contributed by atoms with Crippen molar-refractivity contribution in [1.29, 1.82) is 0 Å². The maximum absolute atomic E-state index is 12.5. The molecule has 0 radical (unpaired) electrons. The second-order valence-corrected chi connectivity index (χ2v) is 4.00. The zero-order valence-corrected chi connectivity index (χ0v) is 10.9. The van der Waals surface area contributed by atoms with Gasteiger partial charge in [0.15, 0.2) is 0 Å². The van der Waals surface area contributed by atoms with E-state index in [1.807, 2.05) is 13.8 Å². The highest BCUT2D eigenvalue weighted by Gasteiger charge is 2.30. The first-order valence-corrected chi connectivity index (χ1v) is 6.07. The SMILES string of the molecule is CCN(CC)C(=O)CNc1cccc(C(F)(F)F)c1. The van der Waals surface area contributed by atoms with Crippen molar-refractivity contribution in [3.63, 3.8) is 0 Å². The van der Waals surface area contributed by atoms with Crippen molar-refractivity contribution < 1.29 is 18.0 Å². The van der Waals surface area contributed by atoms with E-state index in [4.69, 9.17) is 0 Å². The lowest BCUT2D eigenvalue weighted by molar-refractivity contribution is -0.137. The Bertz CT molecular complexity index is 428. The van der Waals surface area contributed by atoms with E-state index in [1.54, 1.807) is 4.90 Å². The number of halogens is 3. The van der Waals surface area contributed by atoms with E-state index in [2.05, 4.69) is 5.32 Å². The van der Waals surface area contributed by atoms with Crippen molar-refractivity contribution in [2.24, 2.45) is 0 Å². The van der Waals surface area contributed by atoms with E-state index in [1.165, 1.54) is 12.1 Å². The summed E-state index contributed by atoms with van der Waals surface area (Å²) in [5, 5.41) is 2.71. The third-order valence-electron chi connectivity index (χ3n) is 2.75. The Hall–Kier alpha value is -1.72. The molecule has 1 aromatic rings. The largest absolute Gasteiger partial charge is 0.416 e. The van der Waals surface area contributed by atoms with Crippen molar-refractivity contribution in [1.82, 2.24) is 4.90 Å². The van der Waals surface area contributed by atoms with Crippen LogP contribution in [0.1, 0.15) is 19.4 Å². The number of hydrogen-bond acceptors (Lipinski definition) is 2. The first-order chi connectivity index (χ1) is 8.88. The lowest BCUT2D eigenvalue weighted by atomic mass is 10.2. The minimum absolute atomic E-state index is 0.0109. The molecular weight excluding hydrogens is 257 g/mol. The van der Waals surface area contributed by atoms with Crippen LogP contribution < -0.4 is 5.32 Å². The predicted octanol–water partition coefficient (Wildman–Crippen LogP) is 2.99.